The van der Waals surface area contributed by atoms with Crippen molar-refractivity contribution in [3.63, 3.8) is 0 Å². The van der Waals surface area contributed by atoms with E-state index in [-0.39, 0.29) is 5.91 Å². The molecule has 0 bridgehead atoms. The highest BCUT2D eigenvalue weighted by atomic mass is 16.4. The van der Waals surface area contributed by atoms with Gasteiger partial charge in [0.1, 0.15) is 12.1 Å². The van der Waals surface area contributed by atoms with Crippen molar-refractivity contribution in [3.8, 4) is 0 Å². The van der Waals surface area contributed by atoms with E-state index in [1.165, 1.54) is 4.90 Å². The molecule has 1 fully saturated rings. The van der Waals surface area contributed by atoms with Crippen LogP contribution in [0.4, 0.5) is 0 Å². The molecule has 5 heteroatoms. The van der Waals surface area contributed by atoms with Crippen molar-refractivity contribution in [2.45, 2.75) is 24.9 Å². The second kappa shape index (κ2) is 5.18. The van der Waals surface area contributed by atoms with Gasteiger partial charge < -0.3 is 15.7 Å². The third-order valence-electron chi connectivity index (χ3n) is 3.25. The molecule has 2 unspecified atom stereocenters. The molecule has 0 aliphatic carbocycles. The van der Waals surface area contributed by atoms with Crippen molar-refractivity contribution in [1.82, 2.24) is 4.90 Å². The molecule has 5 nitrogen and oxygen atoms in total. The van der Waals surface area contributed by atoms with Crippen LogP contribution in [-0.2, 0) is 9.59 Å². The second-order valence-electron chi connectivity index (χ2n) is 4.42. The van der Waals surface area contributed by atoms with Crippen molar-refractivity contribution in [2.75, 3.05) is 6.54 Å². The number of nitrogens with two attached hydrogens (primary N) is 1. The molecule has 1 aliphatic rings. The van der Waals surface area contributed by atoms with Gasteiger partial charge in [0.15, 0.2) is 0 Å². The Hall–Kier alpha value is -1.88. The van der Waals surface area contributed by atoms with Crippen LogP contribution in [0.2, 0.25) is 0 Å². The van der Waals surface area contributed by atoms with E-state index in [9.17, 15) is 9.59 Å². The molecule has 18 heavy (non-hydrogen) atoms. The maximum absolute atomic E-state index is 12.2. The Labute approximate surface area is 105 Å². The first-order valence-corrected chi connectivity index (χ1v) is 5.95. The molecule has 1 aliphatic heterocycles. The quantitative estimate of drug-likeness (QED) is 0.827. The van der Waals surface area contributed by atoms with Crippen LogP contribution in [0.5, 0.6) is 0 Å². The third-order valence-corrected chi connectivity index (χ3v) is 3.25. The summed E-state index contributed by atoms with van der Waals surface area (Å²) in [6.45, 7) is 0.469. The minimum atomic E-state index is -0.957. The number of carboxylic acids is 1. The Kier molecular flexibility index (Phi) is 3.62. The van der Waals surface area contributed by atoms with Crippen molar-refractivity contribution >= 4 is 11.9 Å². The summed E-state index contributed by atoms with van der Waals surface area (Å²) in [4.78, 5) is 24.6. The van der Waals surface area contributed by atoms with Crippen LogP contribution in [0.1, 0.15) is 24.4 Å². The molecule has 1 amide bonds. The molecule has 0 spiro atoms. The van der Waals surface area contributed by atoms with Gasteiger partial charge in [-0.25, -0.2) is 4.79 Å². The smallest absolute Gasteiger partial charge is 0.326 e. The first-order valence-electron chi connectivity index (χ1n) is 5.95. The van der Waals surface area contributed by atoms with E-state index in [0.29, 0.717) is 24.9 Å². The summed E-state index contributed by atoms with van der Waals surface area (Å²) < 4.78 is 0. The zero-order valence-electron chi connectivity index (χ0n) is 9.95. The van der Waals surface area contributed by atoms with Gasteiger partial charge in [-0.15, -0.1) is 0 Å². The van der Waals surface area contributed by atoms with Crippen LogP contribution in [0, 0.1) is 0 Å². The van der Waals surface area contributed by atoms with E-state index in [4.69, 9.17) is 10.8 Å². The van der Waals surface area contributed by atoms with Gasteiger partial charge in [0, 0.05) is 6.54 Å². The lowest BCUT2D eigenvalue weighted by Gasteiger charge is -2.24. The second-order valence-corrected chi connectivity index (χ2v) is 4.42. The first-order chi connectivity index (χ1) is 8.61. The largest absolute Gasteiger partial charge is 0.480 e. The summed E-state index contributed by atoms with van der Waals surface area (Å²) in [7, 11) is 0. The Morgan fingerprint density at radius 3 is 2.61 bits per heavy atom. The Balaban J connectivity index is 2.14. The Bertz CT molecular complexity index is 447. The lowest BCUT2D eigenvalue weighted by molar-refractivity contribution is -0.148. The number of carbonyl (C=O) groups excluding carboxylic acids is 1. The molecule has 0 saturated carbocycles. The molecule has 0 radical (unpaired) electrons. The van der Waals surface area contributed by atoms with E-state index in [2.05, 4.69) is 0 Å². The number of nitrogens with zero attached hydrogens (tertiary/aromatic N) is 1. The van der Waals surface area contributed by atoms with Gasteiger partial charge in [0.25, 0.3) is 0 Å². The fraction of sp³-hybridized carbons (Fsp3) is 0.385. The molecule has 1 heterocycles. The number of hydrogen-bond acceptors (Lipinski definition) is 3. The molecule has 3 N–H and O–H groups in total. The standard InChI is InChI=1S/C13H16N2O3/c14-11(9-5-2-1-3-6-9)12(16)15-8-4-7-10(15)13(17)18/h1-3,5-6,10-11H,4,7-8,14H2,(H,17,18). The van der Waals surface area contributed by atoms with Gasteiger partial charge in [0.2, 0.25) is 5.91 Å². The summed E-state index contributed by atoms with van der Waals surface area (Å²) in [5.74, 6) is -1.27. The molecule has 2 rings (SSSR count). The van der Waals surface area contributed by atoms with Gasteiger partial charge >= 0.3 is 5.97 Å². The van der Waals surface area contributed by atoms with E-state index in [1.54, 1.807) is 24.3 Å². The van der Waals surface area contributed by atoms with Crippen molar-refractivity contribution in [2.24, 2.45) is 5.73 Å². The Morgan fingerprint density at radius 1 is 1.33 bits per heavy atom. The lowest BCUT2D eigenvalue weighted by Crippen LogP contribution is -2.44. The van der Waals surface area contributed by atoms with Crippen LogP contribution >= 0.6 is 0 Å². The van der Waals surface area contributed by atoms with Gasteiger partial charge in [-0.3, -0.25) is 4.79 Å². The van der Waals surface area contributed by atoms with Gasteiger partial charge in [-0.1, -0.05) is 30.3 Å². The molecular weight excluding hydrogens is 232 g/mol. The molecule has 1 aromatic carbocycles. The van der Waals surface area contributed by atoms with Gasteiger partial charge in [-0.05, 0) is 18.4 Å². The number of hydrogen-bond donors (Lipinski definition) is 2. The average molecular weight is 248 g/mol. The van der Waals surface area contributed by atoms with Crippen molar-refractivity contribution in [1.29, 1.82) is 0 Å². The van der Waals surface area contributed by atoms with E-state index in [0.717, 1.165) is 0 Å². The maximum Gasteiger partial charge on any atom is 0.326 e. The minimum absolute atomic E-state index is 0.314. The fourth-order valence-electron chi connectivity index (χ4n) is 2.27. The fourth-order valence-corrected chi connectivity index (χ4v) is 2.27. The number of rotatable bonds is 3. The predicted molar refractivity (Wildman–Crippen MR) is 65.7 cm³/mol. The van der Waals surface area contributed by atoms with Crippen LogP contribution in [0.3, 0.4) is 0 Å². The first kappa shape index (κ1) is 12.6. The Morgan fingerprint density at radius 2 is 2.00 bits per heavy atom. The number of likely N-dealkylation sites (tertiary alicyclic amines) is 1. The molecular formula is C13H16N2O3. The lowest BCUT2D eigenvalue weighted by atomic mass is 10.1. The number of carboxylic acid groups (broad SMARTS) is 1. The van der Waals surface area contributed by atoms with E-state index < -0.39 is 18.1 Å². The summed E-state index contributed by atoms with van der Waals surface area (Å²) in [5.41, 5.74) is 6.60. The van der Waals surface area contributed by atoms with Crippen LogP contribution < -0.4 is 5.73 Å². The highest BCUT2D eigenvalue weighted by Gasteiger charge is 2.36. The predicted octanol–water partition coefficient (Wildman–Crippen LogP) is 0.762. The summed E-state index contributed by atoms with van der Waals surface area (Å²) >= 11 is 0. The summed E-state index contributed by atoms with van der Waals surface area (Å²) in [6, 6.07) is 7.49. The van der Waals surface area contributed by atoms with Gasteiger partial charge in [-0.2, -0.15) is 0 Å². The van der Waals surface area contributed by atoms with Crippen LogP contribution in [-0.4, -0.2) is 34.5 Å². The molecule has 0 aromatic heterocycles. The van der Waals surface area contributed by atoms with Crippen molar-refractivity contribution in [3.05, 3.63) is 35.9 Å². The molecule has 1 saturated heterocycles. The van der Waals surface area contributed by atoms with E-state index in [1.807, 2.05) is 6.07 Å². The summed E-state index contributed by atoms with van der Waals surface area (Å²) in [5, 5.41) is 9.05. The molecule has 2 atom stereocenters. The van der Waals surface area contributed by atoms with Crippen LogP contribution in [0.15, 0.2) is 30.3 Å². The number of benzene rings is 1. The number of amides is 1. The number of aliphatic carboxylic acids is 1. The molecule has 96 valence electrons. The van der Waals surface area contributed by atoms with Crippen molar-refractivity contribution < 1.29 is 14.7 Å². The molecule has 1 aromatic rings. The zero-order valence-corrected chi connectivity index (χ0v) is 9.95. The highest BCUT2D eigenvalue weighted by molar-refractivity contribution is 5.88. The third kappa shape index (κ3) is 2.36. The zero-order chi connectivity index (χ0) is 13.1. The van der Waals surface area contributed by atoms with E-state index >= 15 is 0 Å². The van der Waals surface area contributed by atoms with Gasteiger partial charge in [0.05, 0.1) is 0 Å². The maximum atomic E-state index is 12.2. The minimum Gasteiger partial charge on any atom is -0.480 e. The SMILES string of the molecule is NC(C(=O)N1CCCC1C(=O)O)c1ccccc1. The van der Waals surface area contributed by atoms with Crippen LogP contribution in [0.25, 0.3) is 0 Å². The normalized spacial score (nSPS) is 20.7. The monoisotopic (exact) mass is 248 g/mol. The number of carbonyl (C=O) groups is 2. The average Bonchev–Trinajstić information content (AvgIpc) is 2.87. The highest BCUT2D eigenvalue weighted by Crippen LogP contribution is 2.22. The summed E-state index contributed by atoms with van der Waals surface area (Å²) in [6.07, 6.45) is 1.22. The topological polar surface area (TPSA) is 83.6 Å².